The van der Waals surface area contributed by atoms with Gasteiger partial charge in [-0.05, 0) is 59.8 Å². The van der Waals surface area contributed by atoms with Gasteiger partial charge < -0.3 is 4.52 Å². The zero-order valence-electron chi connectivity index (χ0n) is 17.5. The number of hydrogen-bond donors (Lipinski definition) is 1. The molecule has 4 atom stereocenters. The van der Waals surface area contributed by atoms with E-state index in [0.717, 1.165) is 40.2 Å². The first kappa shape index (κ1) is 20.4. The van der Waals surface area contributed by atoms with Gasteiger partial charge in [0.05, 0.1) is 6.10 Å². The van der Waals surface area contributed by atoms with Gasteiger partial charge in [-0.1, -0.05) is 68.9 Å². The molecule has 30 heavy (non-hydrogen) atoms. The van der Waals surface area contributed by atoms with E-state index in [0.29, 0.717) is 11.7 Å². The fourth-order valence-corrected chi connectivity index (χ4v) is 7.95. The topological polar surface area (TPSA) is 55.8 Å². The van der Waals surface area contributed by atoms with Gasteiger partial charge in [-0.15, -0.1) is 0 Å². The second kappa shape index (κ2) is 7.00. The molecule has 0 aromatic heterocycles. The van der Waals surface area contributed by atoms with Gasteiger partial charge in [-0.2, -0.15) is 0 Å². The largest absolute Gasteiger partial charge is 0.527 e. The van der Waals surface area contributed by atoms with Crippen LogP contribution in [0.1, 0.15) is 51.2 Å². The molecule has 2 bridgehead atoms. The molecule has 0 saturated heterocycles. The summed E-state index contributed by atoms with van der Waals surface area (Å²) in [6.07, 6.45) is 4.77. The number of rotatable bonds is 4. The molecule has 2 aliphatic carbocycles. The van der Waals surface area contributed by atoms with Gasteiger partial charge in [-0.3, -0.25) is 9.42 Å². The molecule has 3 aliphatic rings. The van der Waals surface area contributed by atoms with Crippen molar-refractivity contribution in [2.75, 3.05) is 0 Å². The molecule has 0 spiro atoms. The number of phosphoric acid groups is 1. The Morgan fingerprint density at radius 1 is 1.07 bits per heavy atom. The Morgan fingerprint density at radius 3 is 2.50 bits per heavy atom. The van der Waals surface area contributed by atoms with Crippen LogP contribution in [0.2, 0.25) is 0 Å². The Kier molecular flexibility index (Phi) is 4.75. The van der Waals surface area contributed by atoms with E-state index >= 15 is 0 Å². The van der Waals surface area contributed by atoms with Crippen molar-refractivity contribution in [2.45, 2.75) is 55.9 Å². The summed E-state index contributed by atoms with van der Waals surface area (Å²) in [6.45, 7) is 6.49. The van der Waals surface area contributed by atoms with Crippen LogP contribution < -0.4 is 0 Å². The maximum atomic E-state index is 13.2. The number of benzene rings is 2. The first-order chi connectivity index (χ1) is 14.2. The number of fused-ring (bicyclic) bond motifs is 4. The van der Waals surface area contributed by atoms with E-state index in [-0.39, 0.29) is 16.9 Å². The standard InChI is InChI=1S/C24H27O4PS/c1-23(2)17-12-13-24(3,15-17)22(23)28-29(25,26)27-19-14-16-8-4-6-10-20(16)30-21-11-7-5-9-18(19)21/h4-11,14,17,22H,12-13,15H2,1-3H3,(H,25,26)/t17-,22-,24+/m1/s1. The third-order valence-electron chi connectivity index (χ3n) is 7.17. The summed E-state index contributed by atoms with van der Waals surface area (Å²) in [5.74, 6) is 0.897. The van der Waals surface area contributed by atoms with Crippen molar-refractivity contribution in [1.82, 2.24) is 0 Å². The summed E-state index contributed by atoms with van der Waals surface area (Å²) in [7, 11) is -4.33. The Labute approximate surface area is 182 Å². The van der Waals surface area contributed by atoms with Gasteiger partial charge in [0.25, 0.3) is 0 Å². The average Bonchev–Trinajstić information content (AvgIpc) is 3.11. The lowest BCUT2D eigenvalue weighted by atomic mass is 9.70. The minimum absolute atomic E-state index is 0.0753. The van der Waals surface area contributed by atoms with Crippen LogP contribution in [-0.4, -0.2) is 11.0 Å². The first-order valence-electron chi connectivity index (χ1n) is 10.5. The molecular weight excluding hydrogens is 415 g/mol. The average molecular weight is 443 g/mol. The van der Waals surface area contributed by atoms with Crippen LogP contribution in [0.5, 0.6) is 0 Å². The lowest BCUT2D eigenvalue weighted by molar-refractivity contribution is -0.0317. The molecule has 1 aliphatic heterocycles. The Hall–Kier alpha value is -1.52. The molecule has 1 heterocycles. The molecule has 0 amide bonds. The fraction of sp³-hybridized carbons (Fsp3) is 0.417. The van der Waals surface area contributed by atoms with Crippen LogP contribution in [0.4, 0.5) is 0 Å². The van der Waals surface area contributed by atoms with E-state index in [4.69, 9.17) is 9.05 Å². The van der Waals surface area contributed by atoms with Crippen molar-refractivity contribution in [3.63, 3.8) is 0 Å². The predicted molar refractivity (Wildman–Crippen MR) is 120 cm³/mol. The minimum Gasteiger partial charge on any atom is -0.403 e. The van der Waals surface area contributed by atoms with Crippen molar-refractivity contribution in [1.29, 1.82) is 0 Å². The third kappa shape index (κ3) is 3.36. The second-order valence-corrected chi connectivity index (χ2v) is 12.0. The van der Waals surface area contributed by atoms with Crippen LogP contribution in [0, 0.1) is 16.7 Å². The van der Waals surface area contributed by atoms with E-state index < -0.39 is 7.82 Å². The van der Waals surface area contributed by atoms with Gasteiger partial charge in [0.15, 0.2) is 0 Å². The highest BCUT2D eigenvalue weighted by Gasteiger charge is 2.62. The molecule has 4 nitrogen and oxygen atoms in total. The molecule has 1 N–H and O–H groups in total. The number of phosphoric ester groups is 1. The van der Waals surface area contributed by atoms with Crippen molar-refractivity contribution in [3.8, 4) is 0 Å². The maximum Gasteiger partial charge on any atom is 0.527 e. The summed E-state index contributed by atoms with van der Waals surface area (Å²) in [5.41, 5.74) is 1.54. The van der Waals surface area contributed by atoms with E-state index in [2.05, 4.69) is 20.8 Å². The molecule has 158 valence electrons. The van der Waals surface area contributed by atoms with Gasteiger partial charge in [0.2, 0.25) is 0 Å². The highest BCUT2D eigenvalue weighted by atomic mass is 32.2. The Morgan fingerprint density at radius 2 is 1.77 bits per heavy atom. The van der Waals surface area contributed by atoms with Gasteiger partial charge in [0, 0.05) is 15.4 Å². The zero-order valence-corrected chi connectivity index (χ0v) is 19.2. The smallest absolute Gasteiger partial charge is 0.403 e. The quantitative estimate of drug-likeness (QED) is 0.517. The zero-order chi connectivity index (χ0) is 21.1. The molecule has 1 unspecified atom stereocenters. The van der Waals surface area contributed by atoms with Crippen molar-refractivity contribution in [2.24, 2.45) is 16.7 Å². The van der Waals surface area contributed by atoms with E-state index in [1.807, 2.05) is 54.6 Å². The molecule has 2 aromatic carbocycles. The molecule has 2 saturated carbocycles. The lowest BCUT2D eigenvalue weighted by Crippen LogP contribution is -2.41. The summed E-state index contributed by atoms with van der Waals surface area (Å²) < 4.78 is 25.0. The lowest BCUT2D eigenvalue weighted by Gasteiger charge is -2.42. The van der Waals surface area contributed by atoms with E-state index in [9.17, 15) is 9.46 Å². The van der Waals surface area contributed by atoms with E-state index in [1.165, 1.54) is 0 Å². The molecule has 2 fully saturated rings. The van der Waals surface area contributed by atoms with Crippen molar-refractivity contribution < 1.29 is 18.5 Å². The summed E-state index contributed by atoms with van der Waals surface area (Å²) >= 11 is 1.63. The fourth-order valence-electron chi connectivity index (χ4n) is 5.66. The van der Waals surface area contributed by atoms with Crippen LogP contribution in [0.15, 0.2) is 58.3 Å². The van der Waals surface area contributed by atoms with Crippen molar-refractivity contribution >= 4 is 31.4 Å². The third-order valence-corrected chi connectivity index (χ3v) is 9.24. The first-order valence-corrected chi connectivity index (χ1v) is 12.8. The maximum absolute atomic E-state index is 13.2. The summed E-state index contributed by atoms with van der Waals surface area (Å²) in [4.78, 5) is 12.9. The monoisotopic (exact) mass is 442 g/mol. The molecule has 6 heteroatoms. The highest BCUT2D eigenvalue weighted by molar-refractivity contribution is 7.99. The van der Waals surface area contributed by atoms with Crippen LogP contribution in [-0.2, 0) is 13.6 Å². The van der Waals surface area contributed by atoms with Crippen molar-refractivity contribution in [3.05, 3.63) is 59.7 Å². The molecule has 0 radical (unpaired) electrons. The van der Waals surface area contributed by atoms with Gasteiger partial charge in [-0.25, -0.2) is 4.57 Å². The predicted octanol–water partition coefficient (Wildman–Crippen LogP) is 7.00. The SMILES string of the molecule is CC1(C)[C@@H]2CC[C@@](C)(C2)[C@@H]1OP(=O)(O)OC1=Cc2ccccc2Sc2ccccc21. The normalized spacial score (nSPS) is 30.6. The second-order valence-electron chi connectivity index (χ2n) is 9.61. The molecule has 2 aromatic rings. The minimum atomic E-state index is -4.33. The molecule has 5 rings (SSSR count). The highest BCUT2D eigenvalue weighted by Crippen LogP contribution is 2.67. The van der Waals surface area contributed by atoms with Crippen LogP contribution in [0.3, 0.4) is 0 Å². The summed E-state index contributed by atoms with van der Waals surface area (Å²) in [5, 5.41) is 0. The summed E-state index contributed by atoms with van der Waals surface area (Å²) in [6, 6.07) is 15.8. The van der Waals surface area contributed by atoms with Crippen LogP contribution >= 0.6 is 19.6 Å². The van der Waals surface area contributed by atoms with Gasteiger partial charge in [0.1, 0.15) is 5.76 Å². The Bertz CT molecular complexity index is 1070. The van der Waals surface area contributed by atoms with Gasteiger partial charge >= 0.3 is 7.82 Å². The molecular formula is C24H27O4PS. The van der Waals surface area contributed by atoms with E-state index in [1.54, 1.807) is 11.8 Å². The number of hydrogen-bond acceptors (Lipinski definition) is 4. The Balaban J connectivity index is 1.48. The van der Waals surface area contributed by atoms with Crippen LogP contribution in [0.25, 0.3) is 11.8 Å².